The number of aryl methyl sites for hydroxylation is 1. The fourth-order valence-electron chi connectivity index (χ4n) is 2.12. The minimum Gasteiger partial charge on any atom is -0.264 e. The summed E-state index contributed by atoms with van der Waals surface area (Å²) in [5.74, 6) is 0.458. The largest absolute Gasteiger partial charge is 0.264 e. The molecule has 0 saturated heterocycles. The van der Waals surface area contributed by atoms with Crippen LogP contribution in [-0.4, -0.2) is 12.8 Å². The average Bonchev–Trinajstić information content (AvgIpc) is 2.33. The Morgan fingerprint density at radius 2 is 1.67 bits per heavy atom. The highest BCUT2D eigenvalue weighted by molar-refractivity contribution is 6.31. The fraction of sp³-hybridized carbons (Fsp3) is 0.312. The third-order valence-corrected chi connectivity index (χ3v) is 3.32. The molecule has 0 aliphatic carbocycles. The highest BCUT2D eigenvalue weighted by Gasteiger charge is 2.09. The van der Waals surface area contributed by atoms with E-state index in [-0.39, 0.29) is 0 Å². The van der Waals surface area contributed by atoms with E-state index in [9.17, 15) is 0 Å². The molecule has 0 atom stereocenters. The van der Waals surface area contributed by atoms with E-state index in [2.05, 4.69) is 56.1 Å². The van der Waals surface area contributed by atoms with Crippen LogP contribution in [0.25, 0.3) is 11.3 Å². The Morgan fingerprint density at radius 3 is 2.22 bits per heavy atom. The first-order valence-corrected chi connectivity index (χ1v) is 6.33. The van der Waals surface area contributed by atoms with Gasteiger partial charge in [0.1, 0.15) is 7.85 Å². The lowest BCUT2D eigenvalue weighted by Gasteiger charge is -2.14. The number of hydrogen-bond donors (Lipinski definition) is 0. The van der Waals surface area contributed by atoms with Gasteiger partial charge in [-0.3, -0.25) is 4.98 Å². The summed E-state index contributed by atoms with van der Waals surface area (Å²) in [7, 11) is 6.02. The summed E-state index contributed by atoms with van der Waals surface area (Å²) >= 11 is 0. The second-order valence-electron chi connectivity index (χ2n) is 5.13. The summed E-state index contributed by atoms with van der Waals surface area (Å²) < 4.78 is 0. The maximum Gasteiger partial charge on any atom is 0.142 e. The number of rotatable bonds is 2. The van der Waals surface area contributed by atoms with Crippen molar-refractivity contribution in [3.05, 3.63) is 47.0 Å². The van der Waals surface area contributed by atoms with Gasteiger partial charge >= 0.3 is 0 Å². The van der Waals surface area contributed by atoms with Crippen molar-refractivity contribution < 1.29 is 0 Å². The molecule has 0 aliphatic rings. The third-order valence-electron chi connectivity index (χ3n) is 3.32. The zero-order chi connectivity index (χ0) is 13.3. The summed E-state index contributed by atoms with van der Waals surface area (Å²) in [5.41, 5.74) is 6.34. The smallest absolute Gasteiger partial charge is 0.142 e. The molecule has 1 nitrogen and oxygen atoms in total. The van der Waals surface area contributed by atoms with Gasteiger partial charge in [0.05, 0.1) is 5.69 Å². The van der Waals surface area contributed by atoms with E-state index < -0.39 is 0 Å². The number of nitrogens with zero attached hydrogens (tertiary/aromatic N) is 1. The van der Waals surface area contributed by atoms with Crippen LogP contribution in [0.3, 0.4) is 0 Å². The molecule has 2 radical (unpaired) electrons. The van der Waals surface area contributed by atoms with Gasteiger partial charge in [0.25, 0.3) is 0 Å². The Morgan fingerprint density at radius 1 is 1.06 bits per heavy atom. The van der Waals surface area contributed by atoms with Crippen molar-refractivity contribution in [2.75, 3.05) is 0 Å². The van der Waals surface area contributed by atoms with Crippen molar-refractivity contribution in [3.63, 3.8) is 0 Å². The van der Waals surface area contributed by atoms with Crippen LogP contribution in [0.15, 0.2) is 30.3 Å². The van der Waals surface area contributed by atoms with Crippen LogP contribution in [-0.2, 0) is 0 Å². The Labute approximate surface area is 111 Å². The molecule has 0 unspecified atom stereocenters. The van der Waals surface area contributed by atoms with Crippen molar-refractivity contribution in [1.29, 1.82) is 0 Å². The summed E-state index contributed by atoms with van der Waals surface area (Å²) in [4.78, 5) is 4.49. The van der Waals surface area contributed by atoms with E-state index in [0.717, 1.165) is 16.8 Å². The lowest BCUT2D eigenvalue weighted by atomic mass is 9.88. The van der Waals surface area contributed by atoms with E-state index in [4.69, 9.17) is 7.85 Å². The quantitative estimate of drug-likeness (QED) is 0.728. The zero-order valence-electron chi connectivity index (χ0n) is 11.5. The van der Waals surface area contributed by atoms with Gasteiger partial charge in [-0.2, -0.15) is 0 Å². The van der Waals surface area contributed by atoms with Crippen LogP contribution in [0.5, 0.6) is 0 Å². The average molecular weight is 235 g/mol. The standard InChI is InChI=1S/C16H18BN/c1-10(2)14-9-15(18-16(17)12(14)4)13-7-5-11(3)6-8-13/h5-10H,1-4H3. The molecule has 2 rings (SSSR count). The van der Waals surface area contributed by atoms with Gasteiger partial charge in [0.15, 0.2) is 0 Å². The fourth-order valence-corrected chi connectivity index (χ4v) is 2.12. The number of aromatic nitrogens is 1. The van der Waals surface area contributed by atoms with Crippen LogP contribution in [0.2, 0.25) is 0 Å². The topological polar surface area (TPSA) is 12.9 Å². The van der Waals surface area contributed by atoms with Crippen LogP contribution in [0.4, 0.5) is 0 Å². The summed E-state index contributed by atoms with van der Waals surface area (Å²) in [5, 5.41) is 0. The van der Waals surface area contributed by atoms with Crippen LogP contribution < -0.4 is 5.59 Å². The third kappa shape index (κ3) is 2.48. The van der Waals surface area contributed by atoms with E-state index in [1.165, 1.54) is 11.1 Å². The van der Waals surface area contributed by atoms with Gasteiger partial charge in [-0.1, -0.05) is 43.7 Å². The van der Waals surface area contributed by atoms with Crippen molar-refractivity contribution in [1.82, 2.24) is 4.98 Å². The molecule has 2 heteroatoms. The molecule has 1 aromatic heterocycles. The molecule has 0 bridgehead atoms. The second-order valence-corrected chi connectivity index (χ2v) is 5.13. The van der Waals surface area contributed by atoms with E-state index >= 15 is 0 Å². The summed E-state index contributed by atoms with van der Waals surface area (Å²) in [6.45, 7) is 8.48. The first-order valence-electron chi connectivity index (χ1n) is 6.33. The highest BCUT2D eigenvalue weighted by Crippen LogP contribution is 2.23. The highest BCUT2D eigenvalue weighted by atomic mass is 14.7. The second kappa shape index (κ2) is 4.97. The van der Waals surface area contributed by atoms with E-state index in [1.54, 1.807) is 0 Å². The van der Waals surface area contributed by atoms with Crippen molar-refractivity contribution in [3.8, 4) is 11.3 Å². The Bertz CT molecular complexity index is 556. The molecule has 2 aromatic rings. The number of pyridine rings is 1. The SMILES string of the molecule is [B]c1nc(-c2ccc(C)cc2)cc(C(C)C)c1C. The number of benzene rings is 1. The molecule has 90 valence electrons. The molecule has 0 N–H and O–H groups in total. The van der Waals surface area contributed by atoms with E-state index in [1.807, 2.05) is 6.92 Å². The molecule has 0 spiro atoms. The zero-order valence-corrected chi connectivity index (χ0v) is 11.5. The molecular formula is C16H18BN. The van der Waals surface area contributed by atoms with Gasteiger partial charge in [-0.15, -0.1) is 0 Å². The van der Waals surface area contributed by atoms with Gasteiger partial charge in [-0.05, 0) is 42.6 Å². The normalized spacial score (nSPS) is 10.9. The van der Waals surface area contributed by atoms with Crippen molar-refractivity contribution >= 4 is 13.4 Å². The molecule has 1 aromatic carbocycles. The van der Waals surface area contributed by atoms with E-state index in [0.29, 0.717) is 11.5 Å². The monoisotopic (exact) mass is 235 g/mol. The van der Waals surface area contributed by atoms with Crippen LogP contribution >= 0.6 is 0 Å². The van der Waals surface area contributed by atoms with Gasteiger partial charge in [0, 0.05) is 5.56 Å². The molecule has 0 aliphatic heterocycles. The molecule has 18 heavy (non-hydrogen) atoms. The first-order chi connectivity index (χ1) is 8.49. The minimum atomic E-state index is 0.458. The molecule has 1 heterocycles. The molecule has 0 saturated carbocycles. The summed E-state index contributed by atoms with van der Waals surface area (Å²) in [6, 6.07) is 10.5. The molecule has 0 fully saturated rings. The van der Waals surface area contributed by atoms with Gasteiger partial charge in [-0.25, -0.2) is 0 Å². The lowest BCUT2D eigenvalue weighted by molar-refractivity contribution is 0.855. The number of hydrogen-bond acceptors (Lipinski definition) is 1. The van der Waals surface area contributed by atoms with Crippen LogP contribution in [0.1, 0.15) is 36.5 Å². The maximum absolute atomic E-state index is 6.02. The van der Waals surface area contributed by atoms with Crippen LogP contribution in [0, 0.1) is 13.8 Å². The first kappa shape index (κ1) is 12.9. The molecule has 0 amide bonds. The Balaban J connectivity index is 2.55. The lowest BCUT2D eigenvalue weighted by Crippen LogP contribution is -2.16. The predicted octanol–water partition coefficient (Wildman–Crippen LogP) is 3.28. The minimum absolute atomic E-state index is 0.458. The van der Waals surface area contributed by atoms with Gasteiger partial charge in [0.2, 0.25) is 0 Å². The summed E-state index contributed by atoms with van der Waals surface area (Å²) in [6.07, 6.45) is 0. The Kier molecular flexibility index (Phi) is 3.56. The predicted molar refractivity (Wildman–Crippen MR) is 78.6 cm³/mol. The van der Waals surface area contributed by atoms with Gasteiger partial charge < -0.3 is 0 Å². The maximum atomic E-state index is 6.02. The molecular weight excluding hydrogens is 217 g/mol. The van der Waals surface area contributed by atoms with Crippen molar-refractivity contribution in [2.24, 2.45) is 0 Å². The van der Waals surface area contributed by atoms with Crippen molar-refractivity contribution in [2.45, 2.75) is 33.6 Å². The Hall–Kier alpha value is -1.57.